The van der Waals surface area contributed by atoms with Gasteiger partial charge in [-0.2, -0.15) is 0 Å². The number of hydrogen-bond donors (Lipinski definition) is 0. The van der Waals surface area contributed by atoms with E-state index in [0.717, 1.165) is 0 Å². The molecule has 4 fully saturated rings. The fourth-order valence-corrected chi connectivity index (χ4v) is 5.73. The Labute approximate surface area is 147 Å². The fraction of sp³-hybridized carbons (Fsp3) is 0.789. The van der Waals surface area contributed by atoms with E-state index in [1.807, 2.05) is 34.6 Å². The van der Waals surface area contributed by atoms with Gasteiger partial charge in [0, 0.05) is 0 Å². The number of cyclic esters (lactones) is 2. The van der Waals surface area contributed by atoms with Crippen LogP contribution in [0.3, 0.4) is 0 Å². The summed E-state index contributed by atoms with van der Waals surface area (Å²) in [6.07, 6.45) is 1.37. The molecule has 3 aliphatic heterocycles. The second kappa shape index (κ2) is 5.39. The number of carbonyl (C=O) groups is 4. The van der Waals surface area contributed by atoms with Gasteiger partial charge in [-0.3, -0.25) is 19.2 Å². The SMILES string of the molecule is CC1C2C(=O)OC(=O)C(CCC13CC(=O)OC3=O)C(C)(C)CC2(C)C. The molecule has 1 spiro atoms. The molecule has 4 unspecified atom stereocenters. The summed E-state index contributed by atoms with van der Waals surface area (Å²) in [5.41, 5.74) is -1.92. The van der Waals surface area contributed by atoms with Crippen molar-refractivity contribution in [2.24, 2.45) is 34.0 Å². The Morgan fingerprint density at radius 1 is 0.920 bits per heavy atom. The molecule has 4 atom stereocenters. The van der Waals surface area contributed by atoms with E-state index in [4.69, 9.17) is 9.47 Å². The van der Waals surface area contributed by atoms with Gasteiger partial charge in [-0.05, 0) is 36.0 Å². The van der Waals surface area contributed by atoms with Gasteiger partial charge in [0.1, 0.15) is 0 Å². The molecule has 3 heterocycles. The molecule has 0 aromatic rings. The maximum absolute atomic E-state index is 12.8. The van der Waals surface area contributed by atoms with Crippen molar-refractivity contribution in [1.29, 1.82) is 0 Å². The number of rotatable bonds is 0. The third-order valence-electron chi connectivity index (χ3n) is 6.76. The summed E-state index contributed by atoms with van der Waals surface area (Å²) in [4.78, 5) is 49.9. The number of ether oxygens (including phenoxy) is 2. The van der Waals surface area contributed by atoms with Crippen molar-refractivity contribution in [3.05, 3.63) is 0 Å². The van der Waals surface area contributed by atoms with E-state index in [-0.39, 0.29) is 11.8 Å². The predicted octanol–water partition coefficient (Wildman–Crippen LogP) is 2.63. The van der Waals surface area contributed by atoms with E-state index in [9.17, 15) is 19.2 Å². The van der Waals surface area contributed by atoms with Gasteiger partial charge in [0.25, 0.3) is 0 Å². The number of hydrogen-bond acceptors (Lipinski definition) is 6. The van der Waals surface area contributed by atoms with E-state index in [2.05, 4.69) is 0 Å². The van der Waals surface area contributed by atoms with Crippen molar-refractivity contribution in [3.8, 4) is 0 Å². The molecule has 1 aliphatic carbocycles. The first-order valence-corrected chi connectivity index (χ1v) is 8.91. The Morgan fingerprint density at radius 2 is 1.56 bits per heavy atom. The Bertz CT molecular complexity index is 661. The molecule has 6 heteroatoms. The minimum absolute atomic E-state index is 0.0335. The first kappa shape index (κ1) is 18.1. The van der Waals surface area contributed by atoms with Crippen molar-refractivity contribution in [2.75, 3.05) is 0 Å². The van der Waals surface area contributed by atoms with Gasteiger partial charge in [-0.25, -0.2) is 0 Å². The van der Waals surface area contributed by atoms with Crippen LogP contribution in [0.25, 0.3) is 0 Å². The third kappa shape index (κ3) is 2.61. The normalized spacial score (nSPS) is 40.1. The molecule has 6 nitrogen and oxygen atoms in total. The van der Waals surface area contributed by atoms with E-state index >= 15 is 0 Å². The summed E-state index contributed by atoms with van der Waals surface area (Å²) in [5, 5.41) is 0. The third-order valence-corrected chi connectivity index (χ3v) is 6.76. The molecular formula is C19H26O6. The Balaban J connectivity index is 2.20. The minimum atomic E-state index is -1.05. The molecule has 25 heavy (non-hydrogen) atoms. The highest BCUT2D eigenvalue weighted by Gasteiger charge is 2.62. The van der Waals surface area contributed by atoms with Crippen LogP contribution in [0.1, 0.15) is 60.3 Å². The molecule has 138 valence electrons. The van der Waals surface area contributed by atoms with Gasteiger partial charge in [-0.15, -0.1) is 0 Å². The average molecular weight is 350 g/mol. The van der Waals surface area contributed by atoms with Crippen LogP contribution in [0.15, 0.2) is 0 Å². The van der Waals surface area contributed by atoms with Gasteiger partial charge < -0.3 is 9.47 Å². The first-order valence-electron chi connectivity index (χ1n) is 8.91. The number of esters is 4. The Morgan fingerprint density at radius 3 is 2.12 bits per heavy atom. The van der Waals surface area contributed by atoms with E-state index < -0.39 is 52.5 Å². The van der Waals surface area contributed by atoms with Crippen LogP contribution in [-0.2, 0) is 28.7 Å². The van der Waals surface area contributed by atoms with Crippen molar-refractivity contribution >= 4 is 23.9 Å². The molecular weight excluding hydrogens is 324 g/mol. The zero-order valence-electron chi connectivity index (χ0n) is 15.5. The highest BCUT2D eigenvalue weighted by molar-refractivity contribution is 5.98. The van der Waals surface area contributed by atoms with Gasteiger partial charge >= 0.3 is 23.9 Å². The smallest absolute Gasteiger partial charge is 0.320 e. The summed E-state index contributed by atoms with van der Waals surface area (Å²) >= 11 is 0. The lowest BCUT2D eigenvalue weighted by Gasteiger charge is -2.46. The molecule has 4 aliphatic rings. The highest BCUT2D eigenvalue weighted by Crippen LogP contribution is 2.57. The lowest BCUT2D eigenvalue weighted by Crippen LogP contribution is -2.49. The Kier molecular flexibility index (Phi) is 3.90. The van der Waals surface area contributed by atoms with Crippen LogP contribution < -0.4 is 0 Å². The lowest BCUT2D eigenvalue weighted by molar-refractivity contribution is -0.178. The molecule has 0 aromatic heterocycles. The van der Waals surface area contributed by atoms with Crippen LogP contribution in [0.2, 0.25) is 0 Å². The molecule has 4 rings (SSSR count). The molecule has 1 saturated carbocycles. The summed E-state index contributed by atoms with van der Waals surface area (Å²) in [6.45, 7) is 9.79. The largest absolute Gasteiger partial charge is 0.393 e. The second-order valence-electron chi connectivity index (χ2n) is 9.35. The predicted molar refractivity (Wildman–Crippen MR) is 86.8 cm³/mol. The maximum atomic E-state index is 12.8. The lowest BCUT2D eigenvalue weighted by atomic mass is 9.58. The van der Waals surface area contributed by atoms with Gasteiger partial charge in [0.05, 0.1) is 23.7 Å². The van der Waals surface area contributed by atoms with E-state index in [0.29, 0.717) is 19.3 Å². The van der Waals surface area contributed by atoms with Crippen LogP contribution >= 0.6 is 0 Å². The van der Waals surface area contributed by atoms with Crippen molar-refractivity contribution in [2.45, 2.75) is 60.3 Å². The number of carbonyl (C=O) groups excluding carboxylic acids is 4. The molecule has 0 N–H and O–H groups in total. The zero-order valence-corrected chi connectivity index (χ0v) is 15.5. The second-order valence-corrected chi connectivity index (χ2v) is 9.35. The van der Waals surface area contributed by atoms with E-state index in [1.54, 1.807) is 0 Å². The summed E-state index contributed by atoms with van der Waals surface area (Å²) in [5.74, 6) is -3.83. The van der Waals surface area contributed by atoms with Crippen LogP contribution in [-0.4, -0.2) is 23.9 Å². The number of fused-ring (bicyclic) bond motifs is 5. The summed E-state index contributed by atoms with van der Waals surface area (Å²) in [7, 11) is 0. The maximum Gasteiger partial charge on any atom is 0.320 e. The monoisotopic (exact) mass is 350 g/mol. The van der Waals surface area contributed by atoms with Crippen LogP contribution in [0, 0.1) is 34.0 Å². The first-order chi connectivity index (χ1) is 11.4. The van der Waals surface area contributed by atoms with Crippen LogP contribution in [0.5, 0.6) is 0 Å². The quantitative estimate of drug-likeness (QED) is 0.493. The van der Waals surface area contributed by atoms with E-state index in [1.165, 1.54) is 0 Å². The molecule has 0 aromatic carbocycles. The summed E-state index contributed by atoms with van der Waals surface area (Å²) in [6, 6.07) is 0. The van der Waals surface area contributed by atoms with Crippen molar-refractivity contribution in [3.63, 3.8) is 0 Å². The van der Waals surface area contributed by atoms with Gasteiger partial charge in [0.15, 0.2) is 0 Å². The standard InChI is InChI=1S/C19H26O6/c1-10-13-15(22)25-14(21)11(17(2,3)9-18(13,4)5)6-7-19(10)8-12(20)24-16(19)23/h10-11,13H,6-9H2,1-5H3. The molecule has 3 saturated heterocycles. The van der Waals surface area contributed by atoms with Crippen molar-refractivity contribution < 1.29 is 28.7 Å². The summed E-state index contributed by atoms with van der Waals surface area (Å²) < 4.78 is 10.1. The fourth-order valence-electron chi connectivity index (χ4n) is 5.73. The van der Waals surface area contributed by atoms with Crippen molar-refractivity contribution in [1.82, 2.24) is 0 Å². The molecule has 0 radical (unpaired) electrons. The average Bonchev–Trinajstić information content (AvgIpc) is 2.72. The van der Waals surface area contributed by atoms with Gasteiger partial charge in [-0.1, -0.05) is 34.6 Å². The topological polar surface area (TPSA) is 86.7 Å². The minimum Gasteiger partial charge on any atom is -0.393 e. The highest BCUT2D eigenvalue weighted by atomic mass is 16.6. The van der Waals surface area contributed by atoms with Crippen LogP contribution in [0.4, 0.5) is 0 Å². The Hall–Kier alpha value is -1.72. The zero-order chi connectivity index (χ0) is 18.8. The van der Waals surface area contributed by atoms with Gasteiger partial charge in [0.2, 0.25) is 0 Å². The molecule has 0 amide bonds. The molecule has 2 bridgehead atoms.